The summed E-state index contributed by atoms with van der Waals surface area (Å²) in [7, 11) is 1.84. The normalized spacial score (nSPS) is 11.4. The minimum absolute atomic E-state index is 0.292. The molecule has 0 amide bonds. The first-order chi connectivity index (χ1) is 9.51. The Bertz CT molecular complexity index is 779. The van der Waals surface area contributed by atoms with E-state index in [9.17, 15) is 4.39 Å². The van der Waals surface area contributed by atoms with Crippen molar-refractivity contribution >= 4 is 17.1 Å². The Morgan fingerprint density at radius 1 is 1.30 bits per heavy atom. The highest BCUT2D eigenvalue weighted by molar-refractivity contribution is 5.80. The van der Waals surface area contributed by atoms with Gasteiger partial charge in [0.1, 0.15) is 11.3 Å². The highest BCUT2D eigenvalue weighted by Gasteiger charge is 2.18. The summed E-state index contributed by atoms with van der Waals surface area (Å²) in [5, 5.41) is 4.42. The maximum absolute atomic E-state index is 13.6. The van der Waals surface area contributed by atoms with Crippen LogP contribution in [0.15, 0.2) is 18.2 Å². The average molecular weight is 273 g/mol. The SMILES string of the molecule is CCc1nn(C)c2c1nc(N)n2-c1cc(C)cc(F)c1. The summed E-state index contributed by atoms with van der Waals surface area (Å²) in [6.45, 7) is 3.86. The van der Waals surface area contributed by atoms with E-state index < -0.39 is 0 Å². The molecule has 0 bridgehead atoms. The number of anilines is 1. The summed E-state index contributed by atoms with van der Waals surface area (Å²) in [6.07, 6.45) is 0.774. The van der Waals surface area contributed by atoms with E-state index in [2.05, 4.69) is 10.1 Å². The molecule has 2 aromatic heterocycles. The van der Waals surface area contributed by atoms with Crippen molar-refractivity contribution in [3.8, 4) is 5.69 Å². The molecule has 0 atom stereocenters. The van der Waals surface area contributed by atoms with Gasteiger partial charge < -0.3 is 5.73 Å². The van der Waals surface area contributed by atoms with Crippen molar-refractivity contribution in [1.29, 1.82) is 0 Å². The molecule has 0 fully saturated rings. The highest BCUT2D eigenvalue weighted by Crippen LogP contribution is 2.26. The van der Waals surface area contributed by atoms with E-state index in [0.717, 1.165) is 28.8 Å². The minimum atomic E-state index is -0.292. The fraction of sp³-hybridized carbons (Fsp3) is 0.286. The molecule has 20 heavy (non-hydrogen) atoms. The fourth-order valence-corrected chi connectivity index (χ4v) is 2.54. The van der Waals surface area contributed by atoms with Gasteiger partial charge in [0.15, 0.2) is 5.65 Å². The fourth-order valence-electron chi connectivity index (χ4n) is 2.54. The van der Waals surface area contributed by atoms with Gasteiger partial charge in [0.25, 0.3) is 0 Å². The van der Waals surface area contributed by atoms with Crippen molar-refractivity contribution in [2.24, 2.45) is 7.05 Å². The topological polar surface area (TPSA) is 61.7 Å². The number of hydrogen-bond donors (Lipinski definition) is 1. The molecule has 3 rings (SSSR count). The number of benzene rings is 1. The number of nitrogen functional groups attached to an aromatic ring is 1. The van der Waals surface area contributed by atoms with E-state index in [0.29, 0.717) is 11.6 Å². The van der Waals surface area contributed by atoms with Gasteiger partial charge in [-0.05, 0) is 37.1 Å². The number of nitrogens with zero attached hydrogens (tertiary/aromatic N) is 4. The Morgan fingerprint density at radius 2 is 2.05 bits per heavy atom. The van der Waals surface area contributed by atoms with Crippen molar-refractivity contribution in [2.75, 3.05) is 5.73 Å². The Labute approximate surface area is 115 Å². The number of halogens is 1. The number of fused-ring (bicyclic) bond motifs is 1. The van der Waals surface area contributed by atoms with Gasteiger partial charge >= 0.3 is 0 Å². The largest absolute Gasteiger partial charge is 0.369 e. The second-order valence-electron chi connectivity index (χ2n) is 4.89. The van der Waals surface area contributed by atoms with Gasteiger partial charge in [0, 0.05) is 7.05 Å². The first kappa shape index (κ1) is 12.7. The zero-order chi connectivity index (χ0) is 14.4. The third kappa shape index (κ3) is 1.76. The lowest BCUT2D eigenvalue weighted by Crippen LogP contribution is -2.05. The molecule has 1 aromatic carbocycles. The predicted molar refractivity (Wildman–Crippen MR) is 76.3 cm³/mol. The van der Waals surface area contributed by atoms with Crippen LogP contribution in [0.4, 0.5) is 10.3 Å². The lowest BCUT2D eigenvalue weighted by atomic mass is 10.2. The number of aryl methyl sites for hydroxylation is 3. The first-order valence-corrected chi connectivity index (χ1v) is 6.48. The molecule has 0 aliphatic rings. The van der Waals surface area contributed by atoms with Crippen LogP contribution < -0.4 is 5.73 Å². The molecular formula is C14H16FN5. The number of rotatable bonds is 2. The molecule has 2 N–H and O–H groups in total. The zero-order valence-electron chi connectivity index (χ0n) is 11.7. The van der Waals surface area contributed by atoms with Crippen LogP contribution in [-0.2, 0) is 13.5 Å². The summed E-state index contributed by atoms with van der Waals surface area (Å²) in [5.41, 5.74) is 9.95. The maximum Gasteiger partial charge on any atom is 0.207 e. The van der Waals surface area contributed by atoms with Crippen LogP contribution >= 0.6 is 0 Å². The molecular weight excluding hydrogens is 257 g/mol. The first-order valence-electron chi connectivity index (χ1n) is 6.48. The van der Waals surface area contributed by atoms with Crippen LogP contribution in [0.3, 0.4) is 0 Å². The molecule has 0 spiro atoms. The highest BCUT2D eigenvalue weighted by atomic mass is 19.1. The molecule has 104 valence electrons. The van der Waals surface area contributed by atoms with E-state index in [1.165, 1.54) is 12.1 Å². The summed E-state index contributed by atoms with van der Waals surface area (Å²) in [6, 6.07) is 4.80. The van der Waals surface area contributed by atoms with Crippen molar-refractivity contribution < 1.29 is 4.39 Å². The number of hydrogen-bond acceptors (Lipinski definition) is 3. The Kier molecular flexibility index (Phi) is 2.74. The van der Waals surface area contributed by atoms with Crippen LogP contribution in [0.2, 0.25) is 0 Å². The van der Waals surface area contributed by atoms with Crippen LogP contribution in [-0.4, -0.2) is 19.3 Å². The standard InChI is InChI=1S/C14H16FN5/c1-4-11-12-13(19(3)18-11)20(14(16)17-12)10-6-8(2)5-9(15)7-10/h5-7H,4H2,1-3H3,(H2,16,17). The van der Waals surface area contributed by atoms with Gasteiger partial charge in [-0.25, -0.2) is 14.1 Å². The molecule has 0 aliphatic carbocycles. The number of aromatic nitrogens is 4. The number of imidazole rings is 1. The Balaban J connectivity index is 2.35. The summed E-state index contributed by atoms with van der Waals surface area (Å²) < 4.78 is 17.1. The second-order valence-corrected chi connectivity index (χ2v) is 4.89. The van der Waals surface area contributed by atoms with E-state index in [4.69, 9.17) is 5.73 Å². The molecule has 0 radical (unpaired) electrons. The summed E-state index contributed by atoms with van der Waals surface area (Å²) >= 11 is 0. The molecule has 3 aromatic rings. The molecule has 2 heterocycles. The smallest absolute Gasteiger partial charge is 0.207 e. The molecule has 6 heteroatoms. The van der Waals surface area contributed by atoms with Crippen LogP contribution in [0.25, 0.3) is 16.9 Å². The van der Waals surface area contributed by atoms with Crippen molar-refractivity contribution in [1.82, 2.24) is 19.3 Å². The van der Waals surface area contributed by atoms with Gasteiger partial charge in [-0.15, -0.1) is 0 Å². The summed E-state index contributed by atoms with van der Waals surface area (Å²) in [4.78, 5) is 4.38. The van der Waals surface area contributed by atoms with Gasteiger partial charge in [-0.2, -0.15) is 5.10 Å². The minimum Gasteiger partial charge on any atom is -0.369 e. The Morgan fingerprint density at radius 3 is 2.70 bits per heavy atom. The van der Waals surface area contributed by atoms with Crippen molar-refractivity contribution in [3.05, 3.63) is 35.3 Å². The molecule has 0 saturated heterocycles. The zero-order valence-corrected chi connectivity index (χ0v) is 11.7. The van der Waals surface area contributed by atoms with Crippen molar-refractivity contribution in [3.63, 3.8) is 0 Å². The van der Waals surface area contributed by atoms with Crippen LogP contribution in [0, 0.1) is 12.7 Å². The third-order valence-corrected chi connectivity index (χ3v) is 3.35. The van der Waals surface area contributed by atoms with Gasteiger partial charge in [-0.3, -0.25) is 4.57 Å². The maximum atomic E-state index is 13.6. The number of nitrogens with two attached hydrogens (primary N) is 1. The van der Waals surface area contributed by atoms with Crippen LogP contribution in [0.5, 0.6) is 0 Å². The third-order valence-electron chi connectivity index (χ3n) is 3.35. The molecule has 0 unspecified atom stereocenters. The van der Waals surface area contributed by atoms with Crippen molar-refractivity contribution in [2.45, 2.75) is 20.3 Å². The average Bonchev–Trinajstić information content (AvgIpc) is 2.85. The predicted octanol–water partition coefficient (Wildman–Crippen LogP) is 2.35. The molecule has 5 nitrogen and oxygen atoms in total. The van der Waals surface area contributed by atoms with Crippen LogP contribution in [0.1, 0.15) is 18.2 Å². The van der Waals surface area contributed by atoms with Gasteiger partial charge in [0.05, 0.1) is 11.4 Å². The molecule has 0 aliphatic heterocycles. The van der Waals surface area contributed by atoms with Gasteiger partial charge in [0.2, 0.25) is 5.95 Å². The lowest BCUT2D eigenvalue weighted by molar-refractivity contribution is 0.625. The van der Waals surface area contributed by atoms with E-state index in [1.54, 1.807) is 9.25 Å². The van der Waals surface area contributed by atoms with E-state index in [-0.39, 0.29) is 5.82 Å². The van der Waals surface area contributed by atoms with Gasteiger partial charge in [-0.1, -0.05) is 6.92 Å². The van der Waals surface area contributed by atoms with E-state index >= 15 is 0 Å². The second kappa shape index (κ2) is 4.33. The Hall–Kier alpha value is -2.37. The summed E-state index contributed by atoms with van der Waals surface area (Å²) in [5.74, 6) is 0.0480. The lowest BCUT2D eigenvalue weighted by Gasteiger charge is -2.08. The molecule has 0 saturated carbocycles. The quantitative estimate of drug-likeness (QED) is 0.779. The monoisotopic (exact) mass is 273 g/mol. The van der Waals surface area contributed by atoms with E-state index in [1.807, 2.05) is 27.0 Å².